The molecule has 0 bridgehead atoms. The van der Waals surface area contributed by atoms with Crippen molar-refractivity contribution in [2.24, 2.45) is 0 Å². The molecular formula is C17H19N3O3. The molecule has 1 aliphatic heterocycles. The van der Waals surface area contributed by atoms with Crippen molar-refractivity contribution in [3.8, 4) is 11.5 Å². The first-order chi connectivity index (χ1) is 10.9. The van der Waals surface area contributed by atoms with E-state index in [1.165, 1.54) is 0 Å². The standard InChI is InChI=1S/C17H19N3O3/c1-10-18-7-6-12(20-10)9-19-16(22)13-5-4-11-8-17(2,3)23-15(11)14(13)21/h4-7,21H,8-9H2,1-3H3,(H,19,22). The summed E-state index contributed by atoms with van der Waals surface area (Å²) in [5, 5.41) is 13.1. The molecule has 120 valence electrons. The van der Waals surface area contributed by atoms with Crippen molar-refractivity contribution in [3.05, 3.63) is 47.0 Å². The minimum Gasteiger partial charge on any atom is -0.504 e. The Bertz CT molecular complexity index is 772. The van der Waals surface area contributed by atoms with Gasteiger partial charge in [0.2, 0.25) is 0 Å². The number of carbonyl (C=O) groups is 1. The zero-order valence-electron chi connectivity index (χ0n) is 13.4. The number of benzene rings is 1. The predicted octanol–water partition coefficient (Wildman–Crippen LogP) is 2.13. The van der Waals surface area contributed by atoms with E-state index in [0.717, 1.165) is 5.56 Å². The van der Waals surface area contributed by atoms with Crippen molar-refractivity contribution in [2.75, 3.05) is 0 Å². The summed E-state index contributed by atoms with van der Waals surface area (Å²) in [7, 11) is 0. The van der Waals surface area contributed by atoms with Crippen LogP contribution in [0.2, 0.25) is 0 Å². The lowest BCUT2D eigenvalue weighted by molar-refractivity contribution is 0.0944. The highest BCUT2D eigenvalue weighted by molar-refractivity contribution is 5.97. The van der Waals surface area contributed by atoms with Crippen LogP contribution < -0.4 is 10.1 Å². The third-order valence-electron chi connectivity index (χ3n) is 3.72. The monoisotopic (exact) mass is 313 g/mol. The molecule has 3 rings (SSSR count). The molecule has 0 atom stereocenters. The number of aromatic hydroxyl groups is 1. The van der Waals surface area contributed by atoms with Crippen molar-refractivity contribution in [2.45, 2.75) is 39.3 Å². The fraction of sp³-hybridized carbons (Fsp3) is 0.353. The van der Waals surface area contributed by atoms with Gasteiger partial charge in [0, 0.05) is 18.2 Å². The summed E-state index contributed by atoms with van der Waals surface area (Å²) in [4.78, 5) is 20.6. The number of phenols is 1. The van der Waals surface area contributed by atoms with Crippen LogP contribution in [-0.4, -0.2) is 26.6 Å². The second kappa shape index (κ2) is 5.53. The van der Waals surface area contributed by atoms with Crippen LogP contribution in [-0.2, 0) is 13.0 Å². The number of fused-ring (bicyclic) bond motifs is 1. The van der Waals surface area contributed by atoms with Crippen molar-refractivity contribution in [1.29, 1.82) is 0 Å². The van der Waals surface area contributed by atoms with Crippen LogP contribution in [0.3, 0.4) is 0 Å². The molecule has 1 aromatic carbocycles. The molecule has 1 aliphatic rings. The summed E-state index contributed by atoms with van der Waals surface area (Å²) in [6.07, 6.45) is 2.35. The highest BCUT2D eigenvalue weighted by Gasteiger charge is 2.33. The van der Waals surface area contributed by atoms with E-state index in [4.69, 9.17) is 4.74 Å². The molecule has 0 fully saturated rings. The minimum absolute atomic E-state index is 0.107. The van der Waals surface area contributed by atoms with E-state index in [9.17, 15) is 9.90 Å². The molecule has 6 nitrogen and oxygen atoms in total. The van der Waals surface area contributed by atoms with Gasteiger partial charge >= 0.3 is 0 Å². The highest BCUT2D eigenvalue weighted by atomic mass is 16.5. The molecule has 23 heavy (non-hydrogen) atoms. The van der Waals surface area contributed by atoms with E-state index in [1.807, 2.05) is 19.9 Å². The van der Waals surface area contributed by atoms with Crippen LogP contribution in [0.5, 0.6) is 11.5 Å². The minimum atomic E-state index is -0.368. The molecule has 0 unspecified atom stereocenters. The number of hydrogen-bond acceptors (Lipinski definition) is 5. The SMILES string of the molecule is Cc1nccc(CNC(=O)c2ccc3c(c2O)OC(C)(C)C3)n1. The van der Waals surface area contributed by atoms with Gasteiger partial charge in [-0.2, -0.15) is 0 Å². The summed E-state index contributed by atoms with van der Waals surface area (Å²) in [6.45, 7) is 5.95. The average Bonchev–Trinajstić information content (AvgIpc) is 2.81. The Morgan fingerprint density at radius 3 is 2.91 bits per heavy atom. The summed E-state index contributed by atoms with van der Waals surface area (Å²) >= 11 is 0. The van der Waals surface area contributed by atoms with Gasteiger partial charge in [-0.1, -0.05) is 6.07 Å². The van der Waals surface area contributed by atoms with Crippen molar-refractivity contribution in [3.63, 3.8) is 0 Å². The van der Waals surface area contributed by atoms with Crippen LogP contribution in [0.25, 0.3) is 0 Å². The van der Waals surface area contributed by atoms with Gasteiger partial charge in [0.1, 0.15) is 11.4 Å². The second-order valence-corrected chi connectivity index (χ2v) is 6.27. The Morgan fingerprint density at radius 2 is 2.17 bits per heavy atom. The fourth-order valence-electron chi connectivity index (χ4n) is 2.69. The first-order valence-electron chi connectivity index (χ1n) is 7.46. The van der Waals surface area contributed by atoms with Crippen LogP contribution >= 0.6 is 0 Å². The Labute approximate surface area is 134 Å². The van der Waals surface area contributed by atoms with Crippen LogP contribution in [0.15, 0.2) is 24.4 Å². The number of aryl methyl sites for hydroxylation is 1. The number of amides is 1. The molecule has 0 saturated carbocycles. The third-order valence-corrected chi connectivity index (χ3v) is 3.72. The first kappa shape index (κ1) is 15.3. The third kappa shape index (κ3) is 3.11. The Balaban J connectivity index is 1.76. The molecular weight excluding hydrogens is 294 g/mol. The molecule has 0 saturated heterocycles. The molecule has 1 amide bonds. The quantitative estimate of drug-likeness (QED) is 0.907. The molecule has 0 radical (unpaired) electrons. The van der Waals surface area contributed by atoms with Crippen molar-refractivity contribution in [1.82, 2.24) is 15.3 Å². The Hall–Kier alpha value is -2.63. The summed E-state index contributed by atoms with van der Waals surface area (Å²) < 4.78 is 5.74. The van der Waals surface area contributed by atoms with Gasteiger partial charge in [-0.3, -0.25) is 4.79 Å². The predicted molar refractivity (Wildman–Crippen MR) is 84.5 cm³/mol. The van der Waals surface area contributed by atoms with Crippen molar-refractivity contribution >= 4 is 5.91 Å². The molecule has 0 aliphatic carbocycles. The number of carbonyl (C=O) groups excluding carboxylic acids is 1. The van der Waals surface area contributed by atoms with Gasteiger partial charge in [0.05, 0.1) is 17.8 Å². The fourth-order valence-corrected chi connectivity index (χ4v) is 2.69. The molecule has 6 heteroatoms. The number of nitrogens with one attached hydrogen (secondary N) is 1. The second-order valence-electron chi connectivity index (χ2n) is 6.27. The van der Waals surface area contributed by atoms with Gasteiger partial charge < -0.3 is 15.2 Å². The number of phenolic OH excluding ortho intramolecular Hbond substituents is 1. The zero-order chi connectivity index (χ0) is 16.6. The topological polar surface area (TPSA) is 84.3 Å². The van der Waals surface area contributed by atoms with Crippen LogP contribution in [0.4, 0.5) is 0 Å². The number of nitrogens with zero attached hydrogens (tertiary/aromatic N) is 2. The lowest BCUT2D eigenvalue weighted by atomic mass is 10.0. The van der Waals surface area contributed by atoms with Crippen molar-refractivity contribution < 1.29 is 14.6 Å². The maximum atomic E-state index is 12.3. The lowest BCUT2D eigenvalue weighted by Gasteiger charge is -2.17. The molecule has 2 heterocycles. The van der Waals surface area contributed by atoms with Gasteiger partial charge in [-0.15, -0.1) is 0 Å². The Morgan fingerprint density at radius 1 is 1.39 bits per heavy atom. The summed E-state index contributed by atoms with van der Waals surface area (Å²) in [6, 6.07) is 5.19. The van der Waals surface area contributed by atoms with Gasteiger partial charge in [-0.05, 0) is 32.9 Å². The summed E-state index contributed by atoms with van der Waals surface area (Å²) in [5.41, 5.74) is 1.46. The van der Waals surface area contributed by atoms with E-state index < -0.39 is 0 Å². The van der Waals surface area contributed by atoms with Crippen LogP contribution in [0.1, 0.15) is 41.3 Å². The number of hydrogen-bond donors (Lipinski definition) is 2. The highest BCUT2D eigenvalue weighted by Crippen LogP contribution is 2.43. The largest absolute Gasteiger partial charge is 0.504 e. The number of ether oxygens (including phenoxy) is 1. The maximum Gasteiger partial charge on any atom is 0.255 e. The summed E-state index contributed by atoms with van der Waals surface area (Å²) in [5.74, 6) is 0.576. The lowest BCUT2D eigenvalue weighted by Crippen LogP contribution is -2.25. The molecule has 1 aromatic heterocycles. The Kier molecular flexibility index (Phi) is 3.67. The van der Waals surface area contributed by atoms with Crippen LogP contribution in [0, 0.1) is 6.92 Å². The number of aromatic nitrogens is 2. The van der Waals surface area contributed by atoms with E-state index in [2.05, 4.69) is 15.3 Å². The maximum absolute atomic E-state index is 12.3. The van der Waals surface area contributed by atoms with E-state index in [-0.39, 0.29) is 29.4 Å². The zero-order valence-corrected chi connectivity index (χ0v) is 13.4. The van der Waals surface area contributed by atoms with Gasteiger partial charge in [0.25, 0.3) is 5.91 Å². The van der Waals surface area contributed by atoms with Gasteiger partial charge in [0.15, 0.2) is 11.5 Å². The van der Waals surface area contributed by atoms with E-state index in [0.29, 0.717) is 23.7 Å². The molecule has 2 N–H and O–H groups in total. The average molecular weight is 313 g/mol. The molecule has 0 spiro atoms. The first-order valence-corrected chi connectivity index (χ1v) is 7.46. The normalized spacial score (nSPS) is 14.9. The smallest absolute Gasteiger partial charge is 0.255 e. The molecule has 2 aromatic rings. The van der Waals surface area contributed by atoms with E-state index >= 15 is 0 Å². The van der Waals surface area contributed by atoms with Gasteiger partial charge in [-0.25, -0.2) is 9.97 Å². The number of rotatable bonds is 3. The van der Waals surface area contributed by atoms with E-state index in [1.54, 1.807) is 25.3 Å².